The van der Waals surface area contributed by atoms with Gasteiger partial charge in [0.25, 0.3) is 5.91 Å². The van der Waals surface area contributed by atoms with Gasteiger partial charge in [-0.3, -0.25) is 9.48 Å². The number of hydrogen-bond donors (Lipinski definition) is 1. The SMILES string of the molecule is O=C(c1ccc(N2CC[C@@H](CO)C2)nc1)N1CCC(Cn2cccn2)CC1. The van der Waals surface area contributed by atoms with Gasteiger partial charge in [-0.2, -0.15) is 5.10 Å². The number of aliphatic hydroxyl groups is 1. The van der Waals surface area contributed by atoms with Gasteiger partial charge in [-0.25, -0.2) is 4.98 Å². The lowest BCUT2D eigenvalue weighted by Crippen LogP contribution is -2.39. The predicted molar refractivity (Wildman–Crippen MR) is 102 cm³/mol. The van der Waals surface area contributed by atoms with Crippen LogP contribution < -0.4 is 4.90 Å². The Bertz CT molecular complexity index is 738. The Labute approximate surface area is 159 Å². The van der Waals surface area contributed by atoms with Gasteiger partial charge in [0.05, 0.1) is 5.56 Å². The number of aliphatic hydroxyl groups excluding tert-OH is 1. The molecule has 0 saturated carbocycles. The number of amides is 1. The minimum atomic E-state index is 0.0706. The molecule has 1 amide bonds. The lowest BCUT2D eigenvalue weighted by molar-refractivity contribution is 0.0681. The molecule has 7 heteroatoms. The number of aromatic nitrogens is 3. The minimum Gasteiger partial charge on any atom is -0.396 e. The van der Waals surface area contributed by atoms with Crippen molar-refractivity contribution >= 4 is 11.7 Å². The van der Waals surface area contributed by atoms with Crippen LogP contribution in [0.5, 0.6) is 0 Å². The van der Waals surface area contributed by atoms with E-state index in [0.717, 1.165) is 57.8 Å². The third-order valence-electron chi connectivity index (χ3n) is 5.77. The summed E-state index contributed by atoms with van der Waals surface area (Å²) in [5.41, 5.74) is 0.655. The van der Waals surface area contributed by atoms with Crippen LogP contribution in [-0.2, 0) is 6.54 Å². The first-order valence-electron chi connectivity index (χ1n) is 9.81. The summed E-state index contributed by atoms with van der Waals surface area (Å²) in [6.45, 7) is 4.48. The molecule has 0 aromatic carbocycles. The first kappa shape index (κ1) is 18.0. The summed E-state index contributed by atoms with van der Waals surface area (Å²) in [5.74, 6) is 1.86. The van der Waals surface area contributed by atoms with Crippen molar-refractivity contribution in [3.05, 3.63) is 42.4 Å². The van der Waals surface area contributed by atoms with Crippen LogP contribution in [0.15, 0.2) is 36.8 Å². The molecule has 0 aliphatic carbocycles. The van der Waals surface area contributed by atoms with Crippen LogP contribution in [-0.4, -0.2) is 63.5 Å². The molecule has 2 aromatic heterocycles. The lowest BCUT2D eigenvalue weighted by Gasteiger charge is -2.32. The molecular weight excluding hydrogens is 342 g/mol. The molecule has 0 spiro atoms. The van der Waals surface area contributed by atoms with Crippen molar-refractivity contribution in [3.63, 3.8) is 0 Å². The average molecular weight is 369 g/mol. The molecule has 4 heterocycles. The fraction of sp³-hybridized carbons (Fsp3) is 0.550. The number of pyridine rings is 1. The topological polar surface area (TPSA) is 74.5 Å². The van der Waals surface area contributed by atoms with Crippen molar-refractivity contribution in [1.29, 1.82) is 0 Å². The van der Waals surface area contributed by atoms with Gasteiger partial charge < -0.3 is 14.9 Å². The molecule has 0 bridgehead atoms. The molecule has 2 aromatic rings. The number of anilines is 1. The molecule has 2 aliphatic heterocycles. The van der Waals surface area contributed by atoms with Crippen molar-refractivity contribution in [1.82, 2.24) is 19.7 Å². The highest BCUT2D eigenvalue weighted by Crippen LogP contribution is 2.23. The summed E-state index contributed by atoms with van der Waals surface area (Å²) in [7, 11) is 0. The summed E-state index contributed by atoms with van der Waals surface area (Å²) >= 11 is 0. The summed E-state index contributed by atoms with van der Waals surface area (Å²) in [6, 6.07) is 5.76. The maximum absolute atomic E-state index is 12.8. The van der Waals surface area contributed by atoms with Gasteiger partial charge in [0.2, 0.25) is 0 Å². The van der Waals surface area contributed by atoms with Gasteiger partial charge in [0, 0.05) is 63.8 Å². The van der Waals surface area contributed by atoms with E-state index in [1.165, 1.54) is 0 Å². The van der Waals surface area contributed by atoms with E-state index in [1.807, 2.05) is 34.0 Å². The van der Waals surface area contributed by atoms with Crippen molar-refractivity contribution in [2.45, 2.75) is 25.8 Å². The maximum atomic E-state index is 12.8. The van der Waals surface area contributed by atoms with Crippen LogP contribution in [0.4, 0.5) is 5.82 Å². The van der Waals surface area contributed by atoms with E-state index in [-0.39, 0.29) is 12.5 Å². The standard InChI is InChI=1S/C20H27N5O2/c26-15-17-6-11-24(13-17)19-3-2-18(12-21-19)20(27)23-9-4-16(5-10-23)14-25-8-1-7-22-25/h1-3,7-8,12,16-17,26H,4-6,9-11,13-15H2/t17-/m1/s1. The first-order chi connectivity index (χ1) is 13.2. The number of nitrogens with zero attached hydrogens (tertiary/aromatic N) is 5. The third-order valence-corrected chi connectivity index (χ3v) is 5.77. The number of rotatable bonds is 5. The number of carbonyl (C=O) groups is 1. The van der Waals surface area contributed by atoms with Crippen LogP contribution in [0, 0.1) is 11.8 Å². The zero-order valence-corrected chi connectivity index (χ0v) is 15.6. The molecule has 7 nitrogen and oxygen atoms in total. The van der Waals surface area contributed by atoms with Gasteiger partial charge in [-0.15, -0.1) is 0 Å². The second kappa shape index (κ2) is 8.08. The molecule has 0 radical (unpaired) electrons. The monoisotopic (exact) mass is 369 g/mol. The van der Waals surface area contributed by atoms with E-state index in [1.54, 1.807) is 12.4 Å². The molecule has 1 atom stereocenters. The number of hydrogen-bond acceptors (Lipinski definition) is 5. The van der Waals surface area contributed by atoms with Gasteiger partial charge in [-0.1, -0.05) is 0 Å². The Hall–Kier alpha value is -2.41. The molecule has 1 N–H and O–H groups in total. The van der Waals surface area contributed by atoms with Crippen LogP contribution in [0.1, 0.15) is 29.6 Å². The van der Waals surface area contributed by atoms with Crippen LogP contribution in [0.3, 0.4) is 0 Å². The quantitative estimate of drug-likeness (QED) is 0.867. The van der Waals surface area contributed by atoms with Gasteiger partial charge >= 0.3 is 0 Å². The Kier molecular flexibility index (Phi) is 5.38. The van der Waals surface area contributed by atoms with Gasteiger partial charge in [0.1, 0.15) is 5.82 Å². The van der Waals surface area contributed by atoms with E-state index >= 15 is 0 Å². The number of piperidine rings is 1. The Morgan fingerprint density at radius 1 is 1.15 bits per heavy atom. The number of likely N-dealkylation sites (tertiary alicyclic amines) is 1. The Morgan fingerprint density at radius 2 is 1.96 bits per heavy atom. The van der Waals surface area contributed by atoms with E-state index in [2.05, 4.69) is 15.0 Å². The van der Waals surface area contributed by atoms with E-state index in [0.29, 0.717) is 17.4 Å². The zero-order chi connectivity index (χ0) is 18.6. The fourth-order valence-corrected chi connectivity index (χ4v) is 4.06. The fourth-order valence-electron chi connectivity index (χ4n) is 4.06. The molecule has 4 rings (SSSR count). The summed E-state index contributed by atoms with van der Waals surface area (Å²) in [5, 5.41) is 13.6. The highest BCUT2D eigenvalue weighted by atomic mass is 16.3. The van der Waals surface area contributed by atoms with Gasteiger partial charge in [0.15, 0.2) is 0 Å². The summed E-state index contributed by atoms with van der Waals surface area (Å²) < 4.78 is 1.98. The van der Waals surface area contributed by atoms with E-state index < -0.39 is 0 Å². The second-order valence-electron chi connectivity index (χ2n) is 7.65. The highest BCUT2D eigenvalue weighted by molar-refractivity contribution is 5.94. The van der Waals surface area contributed by atoms with Crippen LogP contribution >= 0.6 is 0 Å². The zero-order valence-electron chi connectivity index (χ0n) is 15.6. The first-order valence-corrected chi connectivity index (χ1v) is 9.81. The average Bonchev–Trinajstić information content (AvgIpc) is 3.40. The highest BCUT2D eigenvalue weighted by Gasteiger charge is 2.25. The minimum absolute atomic E-state index is 0.0706. The smallest absolute Gasteiger partial charge is 0.255 e. The molecule has 2 aliphatic rings. The van der Waals surface area contributed by atoms with Crippen LogP contribution in [0.2, 0.25) is 0 Å². The normalized spacial score (nSPS) is 21.0. The van der Waals surface area contributed by atoms with Crippen molar-refractivity contribution in [2.24, 2.45) is 11.8 Å². The number of carbonyl (C=O) groups excluding carboxylic acids is 1. The van der Waals surface area contributed by atoms with Crippen LogP contribution in [0.25, 0.3) is 0 Å². The van der Waals surface area contributed by atoms with E-state index in [4.69, 9.17) is 0 Å². The predicted octanol–water partition coefficient (Wildman–Crippen LogP) is 1.65. The molecule has 0 unspecified atom stereocenters. The molecule has 2 fully saturated rings. The Balaban J connectivity index is 1.31. The third kappa shape index (κ3) is 4.13. The van der Waals surface area contributed by atoms with Crippen molar-refractivity contribution in [3.8, 4) is 0 Å². The molecule has 27 heavy (non-hydrogen) atoms. The van der Waals surface area contributed by atoms with Crippen molar-refractivity contribution < 1.29 is 9.90 Å². The van der Waals surface area contributed by atoms with E-state index in [9.17, 15) is 9.90 Å². The molecular formula is C20H27N5O2. The second-order valence-corrected chi connectivity index (χ2v) is 7.65. The molecule has 144 valence electrons. The summed E-state index contributed by atoms with van der Waals surface area (Å²) in [4.78, 5) is 21.4. The van der Waals surface area contributed by atoms with Crippen molar-refractivity contribution in [2.75, 3.05) is 37.7 Å². The molecule has 2 saturated heterocycles. The largest absolute Gasteiger partial charge is 0.396 e. The lowest BCUT2D eigenvalue weighted by atomic mass is 9.96. The summed E-state index contributed by atoms with van der Waals surface area (Å²) in [6.07, 6.45) is 8.50. The maximum Gasteiger partial charge on any atom is 0.255 e. The Morgan fingerprint density at radius 3 is 2.59 bits per heavy atom. The van der Waals surface area contributed by atoms with Gasteiger partial charge in [-0.05, 0) is 43.4 Å².